The van der Waals surface area contributed by atoms with Crippen molar-refractivity contribution in [3.05, 3.63) is 24.3 Å². The van der Waals surface area contributed by atoms with Gasteiger partial charge in [0.1, 0.15) is 0 Å². The monoisotopic (exact) mass is 247 g/mol. The van der Waals surface area contributed by atoms with Crippen LogP contribution in [-0.4, -0.2) is 23.1 Å². The predicted octanol–water partition coefficient (Wildman–Crippen LogP) is 3.14. The van der Waals surface area contributed by atoms with Crippen LogP contribution in [0.3, 0.4) is 0 Å². The highest BCUT2D eigenvalue weighted by molar-refractivity contribution is 5.06. The fourth-order valence-corrected chi connectivity index (χ4v) is 2.98. The molecule has 0 bridgehead atoms. The fraction of sp³-hybridized carbons (Fsp3) is 0.733. The van der Waals surface area contributed by atoms with Crippen LogP contribution in [0.4, 0.5) is 0 Å². The van der Waals surface area contributed by atoms with Crippen molar-refractivity contribution in [2.45, 2.75) is 51.4 Å². The third-order valence-corrected chi connectivity index (χ3v) is 3.96. The lowest BCUT2D eigenvalue weighted by molar-refractivity contribution is 0.369. The maximum Gasteiger partial charge on any atom is 0.0620 e. The Hall–Kier alpha value is -0.960. The largest absolute Gasteiger partial charge is 0.316 e. The zero-order valence-corrected chi connectivity index (χ0v) is 11.4. The van der Waals surface area contributed by atoms with Gasteiger partial charge < -0.3 is 5.32 Å². The Balaban J connectivity index is 2.02. The van der Waals surface area contributed by atoms with Crippen molar-refractivity contribution < 1.29 is 0 Å². The van der Waals surface area contributed by atoms with Crippen LogP contribution in [0.5, 0.6) is 0 Å². The molecule has 2 rings (SSSR count). The van der Waals surface area contributed by atoms with Crippen molar-refractivity contribution in [2.75, 3.05) is 13.1 Å². The van der Waals surface area contributed by atoms with E-state index >= 15 is 0 Å². The summed E-state index contributed by atoms with van der Waals surface area (Å²) in [6.45, 7) is 4.49. The van der Waals surface area contributed by atoms with Crippen LogP contribution in [0.15, 0.2) is 18.6 Å². The van der Waals surface area contributed by atoms with E-state index in [1.807, 2.05) is 12.4 Å². The van der Waals surface area contributed by atoms with Crippen molar-refractivity contribution >= 4 is 0 Å². The van der Waals surface area contributed by atoms with Crippen molar-refractivity contribution in [1.82, 2.24) is 15.3 Å². The molecule has 2 unspecified atom stereocenters. The summed E-state index contributed by atoms with van der Waals surface area (Å²) in [6, 6.07) is 0. The van der Waals surface area contributed by atoms with Crippen LogP contribution in [-0.2, 0) is 0 Å². The number of nitrogens with zero attached hydrogens (tertiary/aromatic N) is 2. The molecule has 3 heteroatoms. The van der Waals surface area contributed by atoms with Crippen LogP contribution in [0.2, 0.25) is 0 Å². The number of hydrogen-bond acceptors (Lipinski definition) is 3. The Morgan fingerprint density at radius 2 is 2.11 bits per heavy atom. The van der Waals surface area contributed by atoms with Gasteiger partial charge in [0.25, 0.3) is 0 Å². The highest BCUT2D eigenvalue weighted by Gasteiger charge is 2.25. The Labute approximate surface area is 110 Å². The zero-order chi connectivity index (χ0) is 12.6. The Kier molecular flexibility index (Phi) is 5.59. The first-order valence-electron chi connectivity index (χ1n) is 7.38. The second kappa shape index (κ2) is 7.47. The van der Waals surface area contributed by atoms with Crippen LogP contribution in [0.25, 0.3) is 0 Å². The number of aromatic nitrogens is 2. The van der Waals surface area contributed by atoms with Gasteiger partial charge in [-0.15, -0.1) is 0 Å². The van der Waals surface area contributed by atoms with E-state index in [-0.39, 0.29) is 0 Å². The molecule has 18 heavy (non-hydrogen) atoms. The molecule has 1 aliphatic rings. The van der Waals surface area contributed by atoms with E-state index in [9.17, 15) is 0 Å². The first-order chi connectivity index (χ1) is 8.92. The molecule has 1 saturated carbocycles. The van der Waals surface area contributed by atoms with E-state index in [1.165, 1.54) is 44.2 Å². The minimum Gasteiger partial charge on any atom is -0.316 e. The molecular formula is C15H25N3. The molecule has 0 aliphatic heterocycles. The molecule has 0 radical (unpaired) electrons. The highest BCUT2D eigenvalue weighted by atomic mass is 14.9. The maximum atomic E-state index is 4.53. The third kappa shape index (κ3) is 3.77. The summed E-state index contributed by atoms with van der Waals surface area (Å²) in [7, 11) is 0. The molecule has 0 spiro atoms. The topological polar surface area (TPSA) is 37.8 Å². The molecule has 3 nitrogen and oxygen atoms in total. The molecule has 0 amide bonds. The predicted molar refractivity (Wildman–Crippen MR) is 74.5 cm³/mol. The van der Waals surface area contributed by atoms with E-state index in [4.69, 9.17) is 0 Å². The zero-order valence-electron chi connectivity index (χ0n) is 11.4. The Bertz CT molecular complexity index is 326. The summed E-state index contributed by atoms with van der Waals surface area (Å²) in [6.07, 6.45) is 13.5. The second-order valence-corrected chi connectivity index (χ2v) is 5.34. The quantitative estimate of drug-likeness (QED) is 0.641. The van der Waals surface area contributed by atoms with Gasteiger partial charge in [-0.2, -0.15) is 0 Å². The minimum absolute atomic E-state index is 0.602. The summed E-state index contributed by atoms with van der Waals surface area (Å²) < 4.78 is 0. The molecule has 1 fully saturated rings. The molecule has 1 aromatic heterocycles. The van der Waals surface area contributed by atoms with Gasteiger partial charge >= 0.3 is 0 Å². The van der Waals surface area contributed by atoms with Gasteiger partial charge in [-0.1, -0.05) is 26.2 Å². The lowest BCUT2D eigenvalue weighted by Crippen LogP contribution is -2.27. The minimum atomic E-state index is 0.602. The van der Waals surface area contributed by atoms with Gasteiger partial charge in [0.2, 0.25) is 0 Å². The Morgan fingerprint density at radius 1 is 1.22 bits per heavy atom. The van der Waals surface area contributed by atoms with E-state index < -0.39 is 0 Å². The van der Waals surface area contributed by atoms with E-state index in [1.54, 1.807) is 6.20 Å². The highest BCUT2D eigenvalue weighted by Crippen LogP contribution is 2.34. The van der Waals surface area contributed by atoms with Gasteiger partial charge in [0.05, 0.1) is 5.69 Å². The lowest BCUT2D eigenvalue weighted by Gasteiger charge is -2.24. The molecule has 1 N–H and O–H groups in total. The molecule has 100 valence electrons. The second-order valence-electron chi connectivity index (χ2n) is 5.34. The van der Waals surface area contributed by atoms with Gasteiger partial charge in [0.15, 0.2) is 0 Å². The smallest absolute Gasteiger partial charge is 0.0620 e. The van der Waals surface area contributed by atoms with Gasteiger partial charge in [-0.3, -0.25) is 9.97 Å². The van der Waals surface area contributed by atoms with Crippen LogP contribution >= 0.6 is 0 Å². The van der Waals surface area contributed by atoms with Crippen LogP contribution in [0.1, 0.15) is 57.1 Å². The van der Waals surface area contributed by atoms with E-state index in [0.29, 0.717) is 5.92 Å². The first kappa shape index (κ1) is 13.5. The number of nitrogens with one attached hydrogen (secondary N) is 1. The third-order valence-electron chi connectivity index (χ3n) is 3.96. The maximum absolute atomic E-state index is 4.53. The molecule has 1 aromatic rings. The molecule has 0 saturated heterocycles. The molecule has 2 atom stereocenters. The first-order valence-corrected chi connectivity index (χ1v) is 7.38. The molecular weight excluding hydrogens is 222 g/mol. The van der Waals surface area contributed by atoms with E-state index in [2.05, 4.69) is 22.2 Å². The normalized spacial score (nSPS) is 24.7. The summed E-state index contributed by atoms with van der Waals surface area (Å²) >= 11 is 0. The van der Waals surface area contributed by atoms with Crippen LogP contribution in [0, 0.1) is 5.92 Å². The molecule has 0 aromatic carbocycles. The van der Waals surface area contributed by atoms with E-state index in [0.717, 1.165) is 19.0 Å². The van der Waals surface area contributed by atoms with Crippen molar-refractivity contribution in [3.63, 3.8) is 0 Å². The average molecular weight is 247 g/mol. The summed E-state index contributed by atoms with van der Waals surface area (Å²) in [5.41, 5.74) is 1.20. The fourth-order valence-electron chi connectivity index (χ4n) is 2.98. The van der Waals surface area contributed by atoms with Crippen molar-refractivity contribution in [1.29, 1.82) is 0 Å². The summed E-state index contributed by atoms with van der Waals surface area (Å²) in [5, 5.41) is 3.58. The number of hydrogen-bond donors (Lipinski definition) is 1. The average Bonchev–Trinajstić information content (AvgIpc) is 2.66. The lowest BCUT2D eigenvalue weighted by atomic mass is 9.85. The summed E-state index contributed by atoms with van der Waals surface area (Å²) in [5.74, 6) is 1.33. The van der Waals surface area contributed by atoms with Crippen molar-refractivity contribution in [3.8, 4) is 0 Å². The van der Waals surface area contributed by atoms with Crippen molar-refractivity contribution in [2.24, 2.45) is 5.92 Å². The summed E-state index contributed by atoms with van der Waals surface area (Å²) in [4.78, 5) is 8.77. The molecule has 1 aliphatic carbocycles. The van der Waals surface area contributed by atoms with Gasteiger partial charge in [0, 0.05) is 24.5 Å². The van der Waals surface area contributed by atoms with Crippen LogP contribution < -0.4 is 5.32 Å². The number of rotatable bonds is 5. The van der Waals surface area contributed by atoms with Gasteiger partial charge in [-0.05, 0) is 38.3 Å². The molecule has 1 heterocycles. The standard InChI is InChI=1S/C15H25N3/c1-2-8-16-11-13-6-4-3-5-7-14(13)15-12-17-9-10-18-15/h9-10,12-14,16H,2-8,11H2,1H3. The van der Waals surface area contributed by atoms with Gasteiger partial charge in [-0.25, -0.2) is 0 Å². The SMILES string of the molecule is CCCNCC1CCCCCC1c1cnccn1. The Morgan fingerprint density at radius 3 is 2.89 bits per heavy atom.